The second kappa shape index (κ2) is 7.85. The minimum atomic E-state index is -0.259. The fourth-order valence-corrected chi connectivity index (χ4v) is 4.31. The van der Waals surface area contributed by atoms with Gasteiger partial charge in [0.25, 0.3) is 5.91 Å². The molecule has 3 aromatic heterocycles. The highest BCUT2D eigenvalue weighted by Gasteiger charge is 2.21. The molecule has 30 heavy (non-hydrogen) atoms. The number of hydrogen-bond donors (Lipinski definition) is 2. The third-order valence-corrected chi connectivity index (χ3v) is 6.07. The van der Waals surface area contributed by atoms with Gasteiger partial charge in [0.05, 0.1) is 12.0 Å². The van der Waals surface area contributed by atoms with E-state index in [0.717, 1.165) is 54.1 Å². The second-order valence-electron chi connectivity index (χ2n) is 7.19. The first-order valence-electron chi connectivity index (χ1n) is 9.75. The number of rotatable bonds is 4. The number of nitrogens with one attached hydrogen (secondary N) is 2. The number of benzene rings is 1. The van der Waals surface area contributed by atoms with Crippen molar-refractivity contribution in [3.05, 3.63) is 54.0 Å². The Morgan fingerprint density at radius 2 is 2.10 bits per heavy atom. The van der Waals surface area contributed by atoms with Crippen molar-refractivity contribution in [2.75, 3.05) is 36.4 Å². The summed E-state index contributed by atoms with van der Waals surface area (Å²) in [7, 11) is 1.94. The zero-order chi connectivity index (χ0) is 20.5. The smallest absolute Gasteiger partial charge is 0.286 e. The molecule has 5 rings (SSSR count). The van der Waals surface area contributed by atoms with Gasteiger partial charge >= 0.3 is 0 Å². The molecule has 1 amide bonds. The van der Waals surface area contributed by atoms with E-state index in [4.69, 9.17) is 4.42 Å². The highest BCUT2D eigenvalue weighted by atomic mass is 32.1. The topological polar surface area (TPSA) is 87.2 Å². The number of furan rings is 1. The second-order valence-corrected chi connectivity index (χ2v) is 8.16. The molecule has 1 aromatic carbocycles. The number of anilines is 2. The summed E-state index contributed by atoms with van der Waals surface area (Å²) in [5, 5.41) is 16.7. The van der Waals surface area contributed by atoms with E-state index in [-0.39, 0.29) is 5.91 Å². The van der Waals surface area contributed by atoms with Crippen LogP contribution in [-0.4, -0.2) is 42.3 Å². The predicted octanol–water partition coefficient (Wildman–Crippen LogP) is 2.44. The monoisotopic (exact) mass is 421 g/mol. The molecule has 0 radical (unpaired) electrons. The lowest BCUT2D eigenvalue weighted by Crippen LogP contribution is -2.44. The average molecular weight is 422 g/mol. The zero-order valence-electron chi connectivity index (χ0n) is 16.5. The van der Waals surface area contributed by atoms with Crippen molar-refractivity contribution in [3.63, 3.8) is 0 Å². The molecule has 0 bridgehead atoms. The number of carbonyl (C=O) groups is 1. The van der Waals surface area contributed by atoms with E-state index in [2.05, 4.69) is 25.7 Å². The van der Waals surface area contributed by atoms with Crippen LogP contribution in [0.25, 0.3) is 21.5 Å². The summed E-state index contributed by atoms with van der Waals surface area (Å²) in [4.78, 5) is 15.2. The molecule has 4 heterocycles. The molecule has 0 unspecified atom stereocenters. The Balaban J connectivity index is 1.39. The first-order valence-corrected chi connectivity index (χ1v) is 10.6. The summed E-state index contributed by atoms with van der Waals surface area (Å²) < 4.78 is 7.31. The number of aryl methyl sites for hydroxylation is 1. The fraction of sp³-hybridized carbons (Fsp3) is 0.238. The summed E-state index contributed by atoms with van der Waals surface area (Å²) in [6.45, 7) is 3.65. The zero-order valence-corrected chi connectivity index (χ0v) is 17.3. The maximum atomic E-state index is 12.9. The standard InChI is InChI=1S/C21H20N6O2S/c1-26-8-4-17(27-9-6-22-7-10-27)16(13-26)23-19(28)21-25-24-20(30-21)15-2-3-18-14(12-15)5-11-29-18/h2-5,8,11-13,22H,6-7,9-10H2,1H3/p+1. The van der Waals surface area contributed by atoms with Gasteiger partial charge in [-0.15, -0.1) is 10.2 Å². The molecular formula is C21H21N6O2S+. The molecule has 9 heteroatoms. The van der Waals surface area contributed by atoms with Crippen LogP contribution in [0.2, 0.25) is 0 Å². The van der Waals surface area contributed by atoms with Crippen molar-refractivity contribution < 1.29 is 13.8 Å². The summed E-state index contributed by atoms with van der Waals surface area (Å²) in [6.07, 6.45) is 5.56. The normalized spacial score (nSPS) is 14.2. The Morgan fingerprint density at radius 1 is 1.23 bits per heavy atom. The van der Waals surface area contributed by atoms with E-state index in [0.29, 0.717) is 10.0 Å². The Labute approximate surface area is 177 Å². The lowest BCUT2D eigenvalue weighted by molar-refractivity contribution is -0.670. The third kappa shape index (κ3) is 3.64. The summed E-state index contributed by atoms with van der Waals surface area (Å²) in [6, 6.07) is 9.75. The van der Waals surface area contributed by atoms with Crippen molar-refractivity contribution in [1.29, 1.82) is 0 Å². The Hall–Kier alpha value is -3.30. The van der Waals surface area contributed by atoms with Gasteiger partial charge in [0.15, 0.2) is 12.4 Å². The maximum absolute atomic E-state index is 12.9. The average Bonchev–Trinajstić information content (AvgIpc) is 3.44. The number of aromatic nitrogens is 3. The van der Waals surface area contributed by atoms with Gasteiger partial charge in [0, 0.05) is 43.2 Å². The number of nitrogens with zero attached hydrogens (tertiary/aromatic N) is 4. The highest BCUT2D eigenvalue weighted by molar-refractivity contribution is 7.16. The van der Waals surface area contributed by atoms with Gasteiger partial charge in [0.2, 0.25) is 5.01 Å². The van der Waals surface area contributed by atoms with Crippen LogP contribution in [0, 0.1) is 0 Å². The molecule has 152 valence electrons. The van der Waals surface area contributed by atoms with Crippen LogP contribution in [0.15, 0.2) is 53.4 Å². The van der Waals surface area contributed by atoms with Crippen molar-refractivity contribution in [3.8, 4) is 10.6 Å². The molecule has 4 aromatic rings. The largest absolute Gasteiger partial charge is 0.464 e. The molecular weight excluding hydrogens is 400 g/mol. The van der Waals surface area contributed by atoms with Crippen LogP contribution in [0.1, 0.15) is 9.80 Å². The van der Waals surface area contributed by atoms with E-state index in [1.54, 1.807) is 6.26 Å². The maximum Gasteiger partial charge on any atom is 0.286 e. The van der Waals surface area contributed by atoms with Crippen LogP contribution >= 0.6 is 11.3 Å². The number of amides is 1. The number of piperazine rings is 1. The predicted molar refractivity (Wildman–Crippen MR) is 116 cm³/mol. The van der Waals surface area contributed by atoms with Gasteiger partial charge in [-0.3, -0.25) is 4.79 Å². The summed E-state index contributed by atoms with van der Waals surface area (Å²) in [5.74, 6) is -0.259. The van der Waals surface area contributed by atoms with E-state index in [1.807, 2.05) is 54.3 Å². The molecule has 1 saturated heterocycles. The van der Waals surface area contributed by atoms with Gasteiger partial charge in [0.1, 0.15) is 23.3 Å². The van der Waals surface area contributed by atoms with Crippen molar-refractivity contribution in [2.24, 2.45) is 7.05 Å². The molecule has 0 spiro atoms. The molecule has 1 aliphatic rings. The third-order valence-electron chi connectivity index (χ3n) is 5.10. The van der Waals surface area contributed by atoms with E-state index in [9.17, 15) is 4.79 Å². The Morgan fingerprint density at radius 3 is 2.97 bits per heavy atom. The van der Waals surface area contributed by atoms with Gasteiger partial charge in [-0.05, 0) is 24.3 Å². The molecule has 0 saturated carbocycles. The van der Waals surface area contributed by atoms with Crippen LogP contribution < -0.4 is 20.1 Å². The highest BCUT2D eigenvalue weighted by Crippen LogP contribution is 2.29. The molecule has 0 aliphatic carbocycles. The van der Waals surface area contributed by atoms with Crippen molar-refractivity contribution in [2.45, 2.75) is 0 Å². The summed E-state index contributed by atoms with van der Waals surface area (Å²) in [5.41, 5.74) is 3.51. The Bertz CT molecular complexity index is 1210. The van der Waals surface area contributed by atoms with Gasteiger partial charge in [-0.1, -0.05) is 11.3 Å². The molecule has 0 atom stereocenters. The lowest BCUT2D eigenvalue weighted by atomic mass is 10.2. The fourth-order valence-electron chi connectivity index (χ4n) is 3.58. The molecule has 1 aliphatic heterocycles. The first kappa shape index (κ1) is 18.7. The van der Waals surface area contributed by atoms with Gasteiger partial charge in [-0.2, -0.15) is 0 Å². The van der Waals surface area contributed by atoms with Gasteiger partial charge < -0.3 is 20.0 Å². The first-order chi connectivity index (χ1) is 14.7. The number of hydrogen-bond acceptors (Lipinski definition) is 7. The van der Waals surface area contributed by atoms with Crippen LogP contribution in [0.3, 0.4) is 0 Å². The Kier molecular flexibility index (Phi) is 4.89. The summed E-state index contributed by atoms with van der Waals surface area (Å²) >= 11 is 1.27. The molecule has 2 N–H and O–H groups in total. The van der Waals surface area contributed by atoms with E-state index in [1.165, 1.54) is 11.3 Å². The van der Waals surface area contributed by atoms with Crippen LogP contribution in [-0.2, 0) is 7.05 Å². The van der Waals surface area contributed by atoms with Crippen LogP contribution in [0.4, 0.5) is 11.4 Å². The lowest BCUT2D eigenvalue weighted by Gasteiger charge is -2.30. The molecule has 1 fully saturated rings. The van der Waals surface area contributed by atoms with Crippen LogP contribution in [0.5, 0.6) is 0 Å². The van der Waals surface area contributed by atoms with Crippen molar-refractivity contribution in [1.82, 2.24) is 15.5 Å². The number of fused-ring (bicyclic) bond motifs is 1. The van der Waals surface area contributed by atoms with E-state index >= 15 is 0 Å². The minimum Gasteiger partial charge on any atom is -0.464 e. The van der Waals surface area contributed by atoms with Gasteiger partial charge in [-0.25, -0.2) is 4.57 Å². The molecule has 8 nitrogen and oxygen atoms in total. The SMILES string of the molecule is C[n+]1ccc(N2CCNCC2)c(NC(=O)c2nnc(-c3ccc4occc4c3)s2)c1. The quantitative estimate of drug-likeness (QED) is 0.492. The number of pyridine rings is 1. The van der Waals surface area contributed by atoms with E-state index < -0.39 is 0 Å². The minimum absolute atomic E-state index is 0.259. The number of carbonyl (C=O) groups excluding carboxylic acids is 1. The van der Waals surface area contributed by atoms with Crippen molar-refractivity contribution >= 4 is 39.6 Å².